The number of hydrogen-bond donors (Lipinski definition) is 2. The van der Waals surface area contributed by atoms with Crippen LogP contribution >= 0.6 is 11.8 Å². The summed E-state index contributed by atoms with van der Waals surface area (Å²) >= 11 is 1.46. The lowest BCUT2D eigenvalue weighted by Gasteiger charge is -2.36. The number of halogens is 4. The lowest BCUT2D eigenvalue weighted by Crippen LogP contribution is -2.37. The molecule has 32 heavy (non-hydrogen) atoms. The molecule has 1 aromatic carbocycles. The van der Waals surface area contributed by atoms with Crippen LogP contribution in [0.15, 0.2) is 35.6 Å². The van der Waals surface area contributed by atoms with Crippen molar-refractivity contribution in [2.45, 2.75) is 31.0 Å². The summed E-state index contributed by atoms with van der Waals surface area (Å²) in [6, 6.07) is 4.23. The van der Waals surface area contributed by atoms with Gasteiger partial charge < -0.3 is 15.8 Å². The highest BCUT2D eigenvalue weighted by Gasteiger charge is 2.48. The fourth-order valence-electron chi connectivity index (χ4n) is 4.05. The number of benzene rings is 1. The molecule has 7 nitrogen and oxygen atoms in total. The van der Waals surface area contributed by atoms with Gasteiger partial charge in [-0.15, -0.1) is 0 Å². The maximum absolute atomic E-state index is 14.8. The molecule has 1 amide bonds. The number of alkyl halides is 3. The molecule has 0 radical (unpaired) electrons. The predicted octanol–water partition coefficient (Wildman–Crippen LogP) is 3.87. The molecule has 1 aliphatic carbocycles. The number of rotatable bonds is 5. The van der Waals surface area contributed by atoms with Crippen LogP contribution in [0.2, 0.25) is 0 Å². The first kappa shape index (κ1) is 22.3. The van der Waals surface area contributed by atoms with Gasteiger partial charge in [-0.3, -0.25) is 9.79 Å². The van der Waals surface area contributed by atoms with Gasteiger partial charge in [-0.25, -0.2) is 14.4 Å². The number of carbonyl (C=O) groups excluding carboxylic acids is 1. The van der Waals surface area contributed by atoms with Crippen molar-refractivity contribution in [1.82, 2.24) is 9.97 Å². The average Bonchev–Trinajstić information content (AvgIpc) is 3.17. The largest absolute Gasteiger partial charge is 0.467 e. The van der Waals surface area contributed by atoms with E-state index in [9.17, 15) is 22.4 Å². The van der Waals surface area contributed by atoms with Crippen LogP contribution in [0.3, 0.4) is 0 Å². The SMILES string of the molecule is NC1=NC2(c3cc(NC(=O)c4cnc(OCC(F)(F)F)cn4)ccc3F)CCCC2CS1. The first-order chi connectivity index (χ1) is 15.2. The Kier molecular flexibility index (Phi) is 5.97. The Labute approximate surface area is 184 Å². The molecule has 0 saturated heterocycles. The van der Waals surface area contributed by atoms with Crippen LogP contribution in [0, 0.1) is 11.7 Å². The Morgan fingerprint density at radius 2 is 2.12 bits per heavy atom. The topological polar surface area (TPSA) is 102 Å². The van der Waals surface area contributed by atoms with Gasteiger partial charge >= 0.3 is 6.18 Å². The monoisotopic (exact) mass is 469 g/mol. The van der Waals surface area contributed by atoms with Crippen molar-refractivity contribution >= 4 is 28.5 Å². The molecule has 2 unspecified atom stereocenters. The molecule has 0 spiro atoms. The van der Waals surface area contributed by atoms with Gasteiger partial charge in [0.1, 0.15) is 11.5 Å². The van der Waals surface area contributed by atoms with Crippen LogP contribution in [-0.4, -0.2) is 39.6 Å². The van der Waals surface area contributed by atoms with E-state index >= 15 is 0 Å². The summed E-state index contributed by atoms with van der Waals surface area (Å²) in [5, 5.41) is 3.03. The van der Waals surface area contributed by atoms with Gasteiger partial charge in [0.05, 0.1) is 17.9 Å². The fraction of sp³-hybridized carbons (Fsp3) is 0.400. The predicted molar refractivity (Wildman–Crippen MR) is 111 cm³/mol. The van der Waals surface area contributed by atoms with Crippen molar-refractivity contribution < 1.29 is 27.1 Å². The maximum atomic E-state index is 14.8. The third-order valence-electron chi connectivity index (χ3n) is 5.46. The molecule has 0 bridgehead atoms. The summed E-state index contributed by atoms with van der Waals surface area (Å²) < 4.78 is 55.9. The van der Waals surface area contributed by atoms with Crippen LogP contribution in [-0.2, 0) is 5.54 Å². The normalized spacial score (nSPS) is 22.8. The van der Waals surface area contributed by atoms with E-state index in [1.165, 1.54) is 23.9 Å². The highest BCUT2D eigenvalue weighted by molar-refractivity contribution is 8.13. The van der Waals surface area contributed by atoms with E-state index in [1.54, 1.807) is 6.07 Å². The second kappa shape index (κ2) is 8.57. The minimum Gasteiger partial charge on any atom is -0.467 e. The number of aliphatic imine (C=N–C) groups is 1. The molecule has 1 fully saturated rings. The number of carbonyl (C=O) groups is 1. The number of nitrogens with one attached hydrogen (secondary N) is 1. The summed E-state index contributed by atoms with van der Waals surface area (Å²) in [6.45, 7) is -1.51. The number of ether oxygens (including phenoxy) is 1. The van der Waals surface area contributed by atoms with Crippen molar-refractivity contribution in [2.24, 2.45) is 16.6 Å². The minimum atomic E-state index is -4.51. The Hall–Kier alpha value is -2.89. The lowest BCUT2D eigenvalue weighted by molar-refractivity contribution is -0.154. The van der Waals surface area contributed by atoms with E-state index in [0.29, 0.717) is 22.8 Å². The molecule has 3 N–H and O–H groups in total. The quantitative estimate of drug-likeness (QED) is 0.645. The van der Waals surface area contributed by atoms with Crippen LogP contribution < -0.4 is 15.8 Å². The molecule has 2 aliphatic rings. The second-order valence-corrected chi connectivity index (χ2v) is 8.61. The molecule has 2 aromatic rings. The number of fused-ring (bicyclic) bond motifs is 1. The van der Waals surface area contributed by atoms with E-state index < -0.39 is 30.0 Å². The smallest absolute Gasteiger partial charge is 0.422 e. The van der Waals surface area contributed by atoms with E-state index in [1.807, 2.05) is 0 Å². The number of anilines is 1. The first-order valence-corrected chi connectivity index (χ1v) is 10.8. The highest BCUT2D eigenvalue weighted by atomic mass is 32.2. The number of hydrogen-bond acceptors (Lipinski definition) is 7. The van der Waals surface area contributed by atoms with Crippen LogP contribution in [0.5, 0.6) is 5.88 Å². The van der Waals surface area contributed by atoms with E-state index in [2.05, 4.69) is 25.0 Å². The zero-order valence-electron chi connectivity index (χ0n) is 16.7. The molecular weight excluding hydrogens is 450 g/mol. The van der Waals surface area contributed by atoms with E-state index in [0.717, 1.165) is 31.0 Å². The number of thioether (sulfide) groups is 1. The third-order valence-corrected chi connectivity index (χ3v) is 6.42. The lowest BCUT2D eigenvalue weighted by atomic mass is 9.81. The zero-order valence-corrected chi connectivity index (χ0v) is 17.5. The molecule has 2 heterocycles. The van der Waals surface area contributed by atoms with Crippen molar-refractivity contribution in [3.63, 3.8) is 0 Å². The minimum absolute atomic E-state index is 0.136. The number of nitrogens with two attached hydrogens (primary N) is 1. The summed E-state index contributed by atoms with van der Waals surface area (Å²) in [4.78, 5) is 24.6. The van der Waals surface area contributed by atoms with Gasteiger partial charge in [-0.2, -0.15) is 13.2 Å². The van der Waals surface area contributed by atoms with Gasteiger partial charge in [0.2, 0.25) is 5.88 Å². The molecule has 170 valence electrons. The second-order valence-electron chi connectivity index (χ2n) is 7.57. The molecule has 4 rings (SSSR count). The Bertz CT molecular complexity index is 1050. The van der Waals surface area contributed by atoms with Gasteiger partial charge in [0.15, 0.2) is 11.8 Å². The van der Waals surface area contributed by atoms with Crippen molar-refractivity contribution in [3.05, 3.63) is 47.7 Å². The summed E-state index contributed by atoms with van der Waals surface area (Å²) in [6.07, 6.45) is -0.106. The summed E-state index contributed by atoms with van der Waals surface area (Å²) in [7, 11) is 0. The van der Waals surface area contributed by atoms with Gasteiger partial charge in [0, 0.05) is 17.0 Å². The summed E-state index contributed by atoms with van der Waals surface area (Å²) in [5.74, 6) is -0.538. The Morgan fingerprint density at radius 3 is 2.84 bits per heavy atom. The zero-order chi connectivity index (χ0) is 22.9. The maximum Gasteiger partial charge on any atom is 0.422 e. The third kappa shape index (κ3) is 4.64. The van der Waals surface area contributed by atoms with Gasteiger partial charge in [-0.05, 0) is 37.0 Å². The van der Waals surface area contributed by atoms with E-state index in [4.69, 9.17) is 5.73 Å². The molecule has 2 atom stereocenters. The number of amides is 1. The fourth-order valence-corrected chi connectivity index (χ4v) is 5.09. The Morgan fingerprint density at radius 1 is 1.31 bits per heavy atom. The first-order valence-electron chi connectivity index (χ1n) is 9.77. The van der Waals surface area contributed by atoms with Crippen molar-refractivity contribution in [2.75, 3.05) is 17.7 Å². The van der Waals surface area contributed by atoms with E-state index in [-0.39, 0.29) is 17.5 Å². The van der Waals surface area contributed by atoms with Crippen LogP contribution in [0.1, 0.15) is 35.3 Å². The number of aromatic nitrogens is 2. The molecule has 1 saturated carbocycles. The van der Waals surface area contributed by atoms with Gasteiger partial charge in [-0.1, -0.05) is 18.2 Å². The molecule has 1 aromatic heterocycles. The van der Waals surface area contributed by atoms with Crippen LogP contribution in [0.4, 0.5) is 23.2 Å². The average molecular weight is 469 g/mol. The molecular formula is C20H19F4N5O2S. The van der Waals surface area contributed by atoms with Crippen molar-refractivity contribution in [3.8, 4) is 5.88 Å². The van der Waals surface area contributed by atoms with Gasteiger partial charge in [0.25, 0.3) is 5.91 Å². The number of nitrogens with zero attached hydrogens (tertiary/aromatic N) is 3. The standard InChI is InChI=1S/C20H19F4N5O2S/c21-14-4-3-12(6-13(14)19-5-1-2-11(19)9-32-18(25)29-19)28-17(30)15-7-27-16(8-26-15)31-10-20(22,23)24/h3-4,6-8,11H,1-2,5,9-10H2,(H2,25,29)(H,28,30). The molecule has 1 aliphatic heterocycles. The summed E-state index contributed by atoms with van der Waals surface area (Å²) in [5.41, 5.74) is 5.77. The van der Waals surface area contributed by atoms with Crippen LogP contribution in [0.25, 0.3) is 0 Å². The Balaban J connectivity index is 1.52. The number of amidine groups is 1. The molecule has 12 heteroatoms. The highest BCUT2D eigenvalue weighted by Crippen LogP contribution is 2.51. The van der Waals surface area contributed by atoms with Crippen molar-refractivity contribution in [1.29, 1.82) is 0 Å².